The second-order valence-electron chi connectivity index (χ2n) is 5.82. The number of hydrogen-bond donors (Lipinski definition) is 1. The van der Waals surface area contributed by atoms with E-state index in [4.69, 9.17) is 4.52 Å². The molecule has 21 heavy (non-hydrogen) atoms. The predicted molar refractivity (Wildman–Crippen MR) is 73.1 cm³/mol. The largest absolute Gasteiger partial charge is 0.347 e. The third kappa shape index (κ3) is 3.40. The number of aromatic nitrogens is 2. The van der Waals surface area contributed by atoms with Crippen LogP contribution in [0.25, 0.3) is 0 Å². The van der Waals surface area contributed by atoms with Crippen LogP contribution in [-0.4, -0.2) is 39.9 Å². The number of piperidine rings is 1. The molecule has 2 fully saturated rings. The Morgan fingerprint density at radius 3 is 2.62 bits per heavy atom. The first kappa shape index (κ1) is 14.0. The van der Waals surface area contributed by atoms with Crippen LogP contribution in [0, 0.1) is 5.92 Å². The summed E-state index contributed by atoms with van der Waals surface area (Å²) in [4.78, 5) is 29.0. The summed E-state index contributed by atoms with van der Waals surface area (Å²) in [7, 11) is 0. The minimum atomic E-state index is 0.0736. The topological polar surface area (TPSA) is 88.3 Å². The van der Waals surface area contributed by atoms with Crippen molar-refractivity contribution in [1.29, 1.82) is 0 Å². The molecule has 0 unspecified atom stereocenters. The van der Waals surface area contributed by atoms with Gasteiger partial charge in [0.05, 0.1) is 6.54 Å². The first-order chi connectivity index (χ1) is 10.1. The second kappa shape index (κ2) is 5.83. The quantitative estimate of drug-likeness (QED) is 0.887. The molecule has 1 N–H and O–H groups in total. The number of amides is 2. The van der Waals surface area contributed by atoms with Crippen LogP contribution in [0.4, 0.5) is 0 Å². The van der Waals surface area contributed by atoms with E-state index >= 15 is 0 Å². The molecule has 7 nitrogen and oxygen atoms in total. The SMILES string of the molecule is CC(=O)N1CCC(c2noc(CNC(=O)C3CC3)n2)CC1. The molecule has 0 bridgehead atoms. The molecule has 0 atom stereocenters. The summed E-state index contributed by atoms with van der Waals surface area (Å²) in [6.07, 6.45) is 3.67. The third-order valence-corrected chi connectivity index (χ3v) is 4.15. The summed E-state index contributed by atoms with van der Waals surface area (Å²) in [6, 6.07) is 0. The van der Waals surface area contributed by atoms with Gasteiger partial charge in [0.15, 0.2) is 5.82 Å². The minimum absolute atomic E-state index is 0.0736. The van der Waals surface area contributed by atoms with Gasteiger partial charge in [-0.1, -0.05) is 5.16 Å². The lowest BCUT2D eigenvalue weighted by atomic mass is 9.96. The van der Waals surface area contributed by atoms with Gasteiger partial charge in [0.2, 0.25) is 17.7 Å². The van der Waals surface area contributed by atoms with E-state index in [1.54, 1.807) is 6.92 Å². The molecular weight excluding hydrogens is 272 g/mol. The van der Waals surface area contributed by atoms with Gasteiger partial charge >= 0.3 is 0 Å². The van der Waals surface area contributed by atoms with Gasteiger partial charge in [-0.3, -0.25) is 9.59 Å². The Hall–Kier alpha value is -1.92. The van der Waals surface area contributed by atoms with Crippen molar-refractivity contribution in [3.63, 3.8) is 0 Å². The van der Waals surface area contributed by atoms with Crippen LogP contribution in [0.5, 0.6) is 0 Å². The number of nitrogens with one attached hydrogen (secondary N) is 1. The standard InChI is InChI=1S/C14H20N4O3/c1-9(19)18-6-4-10(5-7-18)13-16-12(21-17-13)8-15-14(20)11-2-3-11/h10-11H,2-8H2,1H3,(H,15,20). The highest BCUT2D eigenvalue weighted by molar-refractivity contribution is 5.80. The molecule has 1 aromatic heterocycles. The molecule has 2 aliphatic rings. The van der Waals surface area contributed by atoms with E-state index in [0.717, 1.165) is 38.8 Å². The fourth-order valence-electron chi connectivity index (χ4n) is 2.61. The Labute approximate surface area is 123 Å². The van der Waals surface area contributed by atoms with Crippen LogP contribution in [-0.2, 0) is 16.1 Å². The average molecular weight is 292 g/mol. The predicted octanol–water partition coefficient (Wildman–Crippen LogP) is 0.822. The molecular formula is C14H20N4O3. The number of rotatable bonds is 4. The first-order valence-electron chi connectivity index (χ1n) is 7.49. The molecule has 1 aliphatic carbocycles. The Morgan fingerprint density at radius 2 is 2.00 bits per heavy atom. The summed E-state index contributed by atoms with van der Waals surface area (Å²) in [6.45, 7) is 3.37. The summed E-state index contributed by atoms with van der Waals surface area (Å²) in [5.74, 6) is 1.75. The number of nitrogens with zero attached hydrogens (tertiary/aromatic N) is 3. The van der Waals surface area contributed by atoms with Crippen LogP contribution < -0.4 is 5.32 Å². The minimum Gasteiger partial charge on any atom is -0.347 e. The highest BCUT2D eigenvalue weighted by Crippen LogP contribution is 2.29. The monoisotopic (exact) mass is 292 g/mol. The summed E-state index contributed by atoms with van der Waals surface area (Å²) >= 11 is 0. The van der Waals surface area contributed by atoms with Gasteiger partial charge in [0.1, 0.15) is 0 Å². The van der Waals surface area contributed by atoms with E-state index < -0.39 is 0 Å². The zero-order valence-corrected chi connectivity index (χ0v) is 12.2. The van der Waals surface area contributed by atoms with Gasteiger partial charge in [-0.25, -0.2) is 0 Å². The third-order valence-electron chi connectivity index (χ3n) is 4.15. The van der Waals surface area contributed by atoms with E-state index in [0.29, 0.717) is 18.3 Å². The zero-order chi connectivity index (χ0) is 14.8. The van der Waals surface area contributed by atoms with Crippen molar-refractivity contribution in [3.05, 3.63) is 11.7 Å². The van der Waals surface area contributed by atoms with Crippen LogP contribution >= 0.6 is 0 Å². The Balaban J connectivity index is 1.50. The lowest BCUT2D eigenvalue weighted by Crippen LogP contribution is -2.36. The average Bonchev–Trinajstić information content (AvgIpc) is 3.24. The van der Waals surface area contributed by atoms with Gasteiger partial charge in [-0.2, -0.15) is 4.98 Å². The summed E-state index contributed by atoms with van der Waals surface area (Å²) in [5, 5.41) is 6.82. The molecule has 114 valence electrons. The van der Waals surface area contributed by atoms with Crippen molar-refractivity contribution < 1.29 is 14.1 Å². The maximum Gasteiger partial charge on any atom is 0.246 e. The second-order valence-corrected chi connectivity index (χ2v) is 5.82. The van der Waals surface area contributed by atoms with E-state index in [1.165, 1.54) is 0 Å². The maximum absolute atomic E-state index is 11.5. The van der Waals surface area contributed by atoms with Crippen LogP contribution in [0.3, 0.4) is 0 Å². The van der Waals surface area contributed by atoms with Gasteiger partial charge in [-0.15, -0.1) is 0 Å². The fourth-order valence-corrected chi connectivity index (χ4v) is 2.61. The summed E-state index contributed by atoms with van der Waals surface area (Å²) < 4.78 is 5.19. The molecule has 0 aromatic carbocycles. The van der Waals surface area contributed by atoms with Gasteiger partial charge in [0, 0.05) is 31.8 Å². The van der Waals surface area contributed by atoms with Gasteiger partial charge < -0.3 is 14.7 Å². The van der Waals surface area contributed by atoms with E-state index in [9.17, 15) is 9.59 Å². The van der Waals surface area contributed by atoms with Gasteiger partial charge in [0.25, 0.3) is 0 Å². The number of hydrogen-bond acceptors (Lipinski definition) is 5. The molecule has 1 aromatic rings. The highest BCUT2D eigenvalue weighted by atomic mass is 16.5. The van der Waals surface area contributed by atoms with Crippen molar-refractivity contribution in [2.45, 2.75) is 45.1 Å². The molecule has 1 saturated carbocycles. The van der Waals surface area contributed by atoms with E-state index in [-0.39, 0.29) is 23.7 Å². The Morgan fingerprint density at radius 1 is 1.29 bits per heavy atom. The Bertz CT molecular complexity index is 530. The first-order valence-corrected chi connectivity index (χ1v) is 7.49. The Kier molecular flexibility index (Phi) is 3.90. The molecule has 7 heteroatoms. The lowest BCUT2D eigenvalue weighted by molar-refractivity contribution is -0.129. The van der Waals surface area contributed by atoms with Crippen molar-refractivity contribution in [2.24, 2.45) is 5.92 Å². The van der Waals surface area contributed by atoms with Crippen LogP contribution in [0.1, 0.15) is 50.2 Å². The maximum atomic E-state index is 11.5. The van der Waals surface area contributed by atoms with Crippen molar-refractivity contribution in [3.8, 4) is 0 Å². The van der Waals surface area contributed by atoms with Crippen molar-refractivity contribution in [1.82, 2.24) is 20.4 Å². The fraction of sp³-hybridized carbons (Fsp3) is 0.714. The molecule has 0 radical (unpaired) electrons. The smallest absolute Gasteiger partial charge is 0.246 e. The van der Waals surface area contributed by atoms with Crippen molar-refractivity contribution in [2.75, 3.05) is 13.1 Å². The number of carbonyl (C=O) groups excluding carboxylic acids is 2. The zero-order valence-electron chi connectivity index (χ0n) is 12.2. The summed E-state index contributed by atoms with van der Waals surface area (Å²) in [5.41, 5.74) is 0. The number of carbonyl (C=O) groups is 2. The molecule has 1 saturated heterocycles. The molecule has 2 heterocycles. The normalized spacial score (nSPS) is 19.6. The highest BCUT2D eigenvalue weighted by Gasteiger charge is 2.30. The molecule has 3 rings (SSSR count). The van der Waals surface area contributed by atoms with E-state index in [2.05, 4.69) is 15.5 Å². The number of likely N-dealkylation sites (tertiary alicyclic amines) is 1. The van der Waals surface area contributed by atoms with Gasteiger partial charge in [-0.05, 0) is 25.7 Å². The van der Waals surface area contributed by atoms with Crippen molar-refractivity contribution >= 4 is 11.8 Å². The van der Waals surface area contributed by atoms with Crippen LogP contribution in [0.15, 0.2) is 4.52 Å². The molecule has 1 aliphatic heterocycles. The lowest BCUT2D eigenvalue weighted by Gasteiger charge is -2.29. The molecule has 2 amide bonds. The van der Waals surface area contributed by atoms with E-state index in [1.807, 2.05) is 4.90 Å². The van der Waals surface area contributed by atoms with Crippen LogP contribution in [0.2, 0.25) is 0 Å². The molecule has 0 spiro atoms.